The number of rotatable bonds is 3. The summed E-state index contributed by atoms with van der Waals surface area (Å²) < 4.78 is 27.9. The van der Waals surface area contributed by atoms with Crippen molar-refractivity contribution in [3.8, 4) is 0 Å². The molecule has 0 saturated heterocycles. The number of hydrogen-bond donors (Lipinski definition) is 1. The molecular formula is C12H10F2N2O2S. The van der Waals surface area contributed by atoms with Gasteiger partial charge in [0.1, 0.15) is 23.9 Å². The number of carbonyl (C=O) groups is 1. The Morgan fingerprint density at radius 1 is 1.37 bits per heavy atom. The van der Waals surface area contributed by atoms with Crippen LogP contribution in [0.5, 0.6) is 0 Å². The van der Waals surface area contributed by atoms with Gasteiger partial charge in [0, 0.05) is 11.1 Å². The predicted molar refractivity (Wildman–Crippen MR) is 68.3 cm³/mol. The van der Waals surface area contributed by atoms with E-state index in [0.717, 1.165) is 23.5 Å². The van der Waals surface area contributed by atoms with Gasteiger partial charge in [0.25, 0.3) is 0 Å². The summed E-state index contributed by atoms with van der Waals surface area (Å²) in [5.74, 6) is -2.38. The molecule has 19 heavy (non-hydrogen) atoms. The highest BCUT2D eigenvalue weighted by atomic mass is 32.1. The Bertz CT molecular complexity index is 658. The second-order valence-electron chi connectivity index (χ2n) is 3.87. The lowest BCUT2D eigenvalue weighted by Crippen LogP contribution is -2.25. The number of carbonyl (C=O) groups excluding carboxylic acids is 1. The molecule has 0 aliphatic carbocycles. The van der Waals surface area contributed by atoms with E-state index < -0.39 is 23.2 Å². The van der Waals surface area contributed by atoms with Gasteiger partial charge in [0.2, 0.25) is 5.91 Å². The number of amides is 1. The zero-order valence-electron chi connectivity index (χ0n) is 9.94. The number of thiazole rings is 1. The van der Waals surface area contributed by atoms with Crippen LogP contribution in [0.4, 0.5) is 14.5 Å². The van der Waals surface area contributed by atoms with Crippen molar-refractivity contribution < 1.29 is 13.6 Å². The minimum Gasteiger partial charge on any atom is -0.320 e. The average Bonchev–Trinajstić information content (AvgIpc) is 2.66. The summed E-state index contributed by atoms with van der Waals surface area (Å²) in [5, 5.41) is 3.74. The molecule has 4 nitrogen and oxygen atoms in total. The molecule has 1 heterocycles. The van der Waals surface area contributed by atoms with Gasteiger partial charge in [-0.1, -0.05) is 17.4 Å². The maximum absolute atomic E-state index is 13.3. The molecule has 1 aromatic heterocycles. The predicted octanol–water partition coefficient (Wildman–Crippen LogP) is 2.14. The molecule has 0 radical (unpaired) electrons. The van der Waals surface area contributed by atoms with E-state index in [2.05, 4.69) is 5.32 Å². The van der Waals surface area contributed by atoms with E-state index in [1.165, 1.54) is 10.6 Å². The zero-order chi connectivity index (χ0) is 14.0. The molecule has 0 aliphatic rings. The maximum atomic E-state index is 13.3. The summed E-state index contributed by atoms with van der Waals surface area (Å²) in [6, 6.07) is 3.29. The van der Waals surface area contributed by atoms with Crippen LogP contribution in [0.15, 0.2) is 28.4 Å². The number of aromatic nitrogens is 1. The summed E-state index contributed by atoms with van der Waals surface area (Å²) in [7, 11) is 0. The van der Waals surface area contributed by atoms with Crippen molar-refractivity contribution in [1.29, 1.82) is 0 Å². The van der Waals surface area contributed by atoms with Crippen molar-refractivity contribution >= 4 is 22.9 Å². The number of anilines is 1. The third kappa shape index (κ3) is 2.87. The Balaban J connectivity index is 2.17. The molecule has 2 aromatic rings. The summed E-state index contributed by atoms with van der Waals surface area (Å²) >= 11 is 0.965. The molecule has 7 heteroatoms. The van der Waals surface area contributed by atoms with Crippen LogP contribution in [-0.4, -0.2) is 10.5 Å². The standard InChI is InChI=1S/C12H10F2N2O2S/c1-7-6-19-12(18)16(7)5-10(17)15-11-8(13)3-2-4-9(11)14/h2-4,6H,5H2,1H3,(H,15,17). The molecule has 0 aliphatic heterocycles. The van der Waals surface area contributed by atoms with E-state index in [0.29, 0.717) is 5.69 Å². The van der Waals surface area contributed by atoms with E-state index >= 15 is 0 Å². The van der Waals surface area contributed by atoms with Crippen LogP contribution in [0.2, 0.25) is 0 Å². The first-order valence-corrected chi connectivity index (χ1v) is 6.26. The normalized spacial score (nSPS) is 10.5. The number of benzene rings is 1. The average molecular weight is 284 g/mol. The maximum Gasteiger partial charge on any atom is 0.307 e. The topological polar surface area (TPSA) is 51.1 Å². The van der Waals surface area contributed by atoms with Gasteiger partial charge in [-0.15, -0.1) is 0 Å². The van der Waals surface area contributed by atoms with Crippen LogP contribution in [0.3, 0.4) is 0 Å². The summed E-state index contributed by atoms with van der Waals surface area (Å²) in [6.45, 7) is 1.40. The largest absolute Gasteiger partial charge is 0.320 e. The lowest BCUT2D eigenvalue weighted by atomic mass is 10.3. The zero-order valence-corrected chi connectivity index (χ0v) is 10.8. The van der Waals surface area contributed by atoms with Gasteiger partial charge in [-0.3, -0.25) is 14.2 Å². The Kier molecular flexibility index (Phi) is 3.75. The van der Waals surface area contributed by atoms with Crippen molar-refractivity contribution in [1.82, 2.24) is 4.57 Å². The van der Waals surface area contributed by atoms with Gasteiger partial charge in [-0.25, -0.2) is 8.78 Å². The number of halogens is 2. The molecule has 1 amide bonds. The highest BCUT2D eigenvalue weighted by Gasteiger charge is 2.13. The van der Waals surface area contributed by atoms with Crippen molar-refractivity contribution in [3.63, 3.8) is 0 Å². The third-order valence-corrected chi connectivity index (χ3v) is 3.39. The van der Waals surface area contributed by atoms with Crippen LogP contribution in [0.25, 0.3) is 0 Å². The van der Waals surface area contributed by atoms with E-state index in [9.17, 15) is 18.4 Å². The molecular weight excluding hydrogens is 274 g/mol. The molecule has 0 spiro atoms. The third-order valence-electron chi connectivity index (χ3n) is 2.51. The van der Waals surface area contributed by atoms with E-state index in [1.54, 1.807) is 12.3 Å². The highest BCUT2D eigenvalue weighted by molar-refractivity contribution is 7.07. The Labute approximate surface area is 111 Å². The van der Waals surface area contributed by atoms with Crippen molar-refractivity contribution in [3.05, 3.63) is 50.6 Å². The van der Waals surface area contributed by atoms with E-state index in [-0.39, 0.29) is 11.4 Å². The fourth-order valence-electron chi connectivity index (χ4n) is 1.54. The first-order valence-electron chi connectivity index (χ1n) is 5.38. The van der Waals surface area contributed by atoms with E-state index in [1.807, 2.05) is 0 Å². The molecule has 0 saturated carbocycles. The summed E-state index contributed by atoms with van der Waals surface area (Å²) in [4.78, 5) is 22.8. The fourth-order valence-corrected chi connectivity index (χ4v) is 2.27. The van der Waals surface area contributed by atoms with Crippen molar-refractivity contribution in [2.45, 2.75) is 13.5 Å². The number of nitrogens with one attached hydrogen (secondary N) is 1. The van der Waals surface area contributed by atoms with Gasteiger partial charge in [-0.2, -0.15) is 0 Å². The molecule has 0 unspecified atom stereocenters. The van der Waals surface area contributed by atoms with Crippen LogP contribution in [0, 0.1) is 18.6 Å². The molecule has 0 atom stereocenters. The number of aryl methyl sites for hydroxylation is 1. The molecule has 0 bridgehead atoms. The monoisotopic (exact) mass is 284 g/mol. The van der Waals surface area contributed by atoms with Crippen LogP contribution in [-0.2, 0) is 11.3 Å². The number of nitrogens with zero attached hydrogens (tertiary/aromatic N) is 1. The SMILES string of the molecule is Cc1csc(=O)n1CC(=O)Nc1c(F)cccc1F. The van der Waals surface area contributed by atoms with Gasteiger partial charge in [0.05, 0.1) is 0 Å². The number of hydrogen-bond acceptors (Lipinski definition) is 3. The molecule has 1 N–H and O–H groups in total. The van der Waals surface area contributed by atoms with Crippen LogP contribution >= 0.6 is 11.3 Å². The van der Waals surface area contributed by atoms with E-state index in [4.69, 9.17) is 0 Å². The Hall–Kier alpha value is -2.02. The van der Waals surface area contributed by atoms with Crippen molar-refractivity contribution in [2.75, 3.05) is 5.32 Å². The molecule has 1 aromatic carbocycles. The Morgan fingerprint density at radius 2 is 2.00 bits per heavy atom. The highest BCUT2D eigenvalue weighted by Crippen LogP contribution is 2.17. The minimum absolute atomic E-state index is 0.276. The smallest absolute Gasteiger partial charge is 0.307 e. The van der Waals surface area contributed by atoms with Crippen LogP contribution < -0.4 is 10.2 Å². The Morgan fingerprint density at radius 3 is 2.53 bits per heavy atom. The van der Waals surface area contributed by atoms with Gasteiger partial charge >= 0.3 is 4.87 Å². The first-order chi connectivity index (χ1) is 8.99. The summed E-state index contributed by atoms with van der Waals surface area (Å²) in [6.07, 6.45) is 0. The molecule has 0 fully saturated rings. The van der Waals surface area contributed by atoms with Gasteiger partial charge < -0.3 is 5.32 Å². The van der Waals surface area contributed by atoms with Gasteiger partial charge in [-0.05, 0) is 19.1 Å². The lowest BCUT2D eigenvalue weighted by Gasteiger charge is -2.08. The van der Waals surface area contributed by atoms with Gasteiger partial charge in [0.15, 0.2) is 0 Å². The second kappa shape index (κ2) is 5.31. The quantitative estimate of drug-likeness (QED) is 0.938. The minimum atomic E-state index is -0.859. The number of para-hydroxylation sites is 1. The molecule has 2 rings (SSSR count). The fraction of sp³-hybridized carbons (Fsp3) is 0.167. The van der Waals surface area contributed by atoms with Crippen LogP contribution in [0.1, 0.15) is 5.69 Å². The first kappa shape index (κ1) is 13.4. The van der Waals surface area contributed by atoms with Crippen molar-refractivity contribution in [2.24, 2.45) is 0 Å². The second-order valence-corrected chi connectivity index (χ2v) is 4.69. The molecule has 100 valence electrons. The summed E-state index contributed by atoms with van der Waals surface area (Å²) in [5.41, 5.74) is 0.118. The lowest BCUT2D eigenvalue weighted by molar-refractivity contribution is -0.116.